The lowest BCUT2D eigenvalue weighted by Gasteiger charge is -2.31. The van der Waals surface area contributed by atoms with Crippen molar-refractivity contribution in [2.24, 2.45) is 0 Å². The fourth-order valence-electron chi connectivity index (χ4n) is 3.25. The van der Waals surface area contributed by atoms with Gasteiger partial charge in [0.25, 0.3) is 0 Å². The zero-order valence-corrected chi connectivity index (χ0v) is 16.3. The Morgan fingerprint density at radius 3 is 1.88 bits per heavy atom. The van der Waals surface area contributed by atoms with Crippen molar-refractivity contribution in [2.75, 3.05) is 0 Å². The van der Waals surface area contributed by atoms with E-state index >= 15 is 0 Å². The molecule has 0 bridgehead atoms. The Kier molecular flexibility index (Phi) is 4.04. The molecule has 1 heterocycles. The van der Waals surface area contributed by atoms with E-state index in [0.29, 0.717) is 31.2 Å². The number of rotatable bonds is 2. The molecule has 1 aliphatic heterocycles. The van der Waals surface area contributed by atoms with Gasteiger partial charge >= 0.3 is 5.97 Å². The zero-order chi connectivity index (χ0) is 18.5. The molecule has 3 aromatic carbocycles. The van der Waals surface area contributed by atoms with Crippen LogP contribution in [0, 0.1) is 0 Å². The number of cyclic esters (lactones) is 1. The Morgan fingerprint density at radius 2 is 1.35 bits per heavy atom. The van der Waals surface area contributed by atoms with Crippen LogP contribution in [0.1, 0.15) is 27.0 Å². The summed E-state index contributed by atoms with van der Waals surface area (Å²) in [6, 6.07) is 16.5. The van der Waals surface area contributed by atoms with E-state index in [1.807, 2.05) is 12.1 Å². The smallest absolute Gasteiger partial charge is 0.340 e. The highest BCUT2D eigenvalue weighted by molar-refractivity contribution is 9.10. The van der Waals surface area contributed by atoms with Crippen LogP contribution < -0.4 is 10.2 Å². The Labute approximate surface area is 166 Å². The summed E-state index contributed by atoms with van der Waals surface area (Å²) in [5, 5.41) is 23.7. The molecule has 0 aliphatic carbocycles. The summed E-state index contributed by atoms with van der Waals surface area (Å²) in [4.78, 5) is 12.6. The lowest BCUT2D eigenvalue weighted by Crippen LogP contribution is -2.29. The van der Waals surface area contributed by atoms with Crippen LogP contribution in [0.3, 0.4) is 0 Å². The quantitative estimate of drug-likeness (QED) is 0.530. The second-order valence-corrected chi connectivity index (χ2v) is 7.62. The molecule has 0 radical (unpaired) electrons. The molecule has 0 unspecified atom stereocenters. The highest BCUT2D eigenvalue weighted by atomic mass is 79.9. The van der Waals surface area contributed by atoms with Gasteiger partial charge < -0.3 is 14.9 Å². The average Bonchev–Trinajstić information content (AvgIpc) is 2.94. The van der Waals surface area contributed by atoms with Gasteiger partial charge in [0.05, 0.1) is 5.56 Å². The number of hydrogen-bond donors (Lipinski definition) is 0. The molecule has 130 valence electrons. The molecule has 0 spiro atoms. The minimum absolute atomic E-state index is 0.169. The van der Waals surface area contributed by atoms with E-state index in [1.54, 1.807) is 36.4 Å². The van der Waals surface area contributed by atoms with E-state index in [1.165, 1.54) is 12.1 Å². The van der Waals surface area contributed by atoms with Crippen LogP contribution in [0.15, 0.2) is 69.6 Å². The molecule has 1 aliphatic rings. The van der Waals surface area contributed by atoms with Crippen LogP contribution in [0.2, 0.25) is 0 Å². The molecule has 0 amide bonds. The van der Waals surface area contributed by atoms with Crippen LogP contribution in [-0.2, 0) is 10.3 Å². The van der Waals surface area contributed by atoms with Gasteiger partial charge in [0.1, 0.15) is 0 Å². The van der Waals surface area contributed by atoms with E-state index in [2.05, 4.69) is 31.9 Å². The van der Waals surface area contributed by atoms with Crippen LogP contribution >= 0.6 is 31.9 Å². The number of carbonyl (C=O) groups excluding carboxylic acids is 1. The monoisotopic (exact) mass is 472 g/mol. The third kappa shape index (κ3) is 2.44. The highest BCUT2D eigenvalue weighted by Crippen LogP contribution is 2.48. The van der Waals surface area contributed by atoms with Crippen molar-refractivity contribution in [3.63, 3.8) is 0 Å². The first-order valence-corrected chi connectivity index (χ1v) is 9.29. The van der Waals surface area contributed by atoms with Crippen molar-refractivity contribution in [2.45, 2.75) is 5.60 Å². The molecular formula is C20H10Br2O4-2. The average molecular weight is 474 g/mol. The second kappa shape index (κ2) is 6.14. The summed E-state index contributed by atoms with van der Waals surface area (Å²) in [5.41, 5.74) is 1.12. The van der Waals surface area contributed by atoms with Crippen molar-refractivity contribution >= 4 is 37.8 Å². The number of halogens is 2. The first kappa shape index (κ1) is 17.1. The summed E-state index contributed by atoms with van der Waals surface area (Å²) < 4.78 is 6.64. The maximum atomic E-state index is 12.6. The summed E-state index contributed by atoms with van der Waals surface area (Å²) in [5.74, 6) is -0.791. The number of carbonyl (C=O) groups is 1. The normalized spacial score (nSPS) is 14.8. The first-order chi connectivity index (χ1) is 12.4. The Hall–Kier alpha value is -2.31. The summed E-state index contributed by atoms with van der Waals surface area (Å²) in [6.07, 6.45) is 0. The molecule has 4 nitrogen and oxygen atoms in total. The second-order valence-electron chi connectivity index (χ2n) is 5.91. The van der Waals surface area contributed by atoms with E-state index in [-0.39, 0.29) is 11.5 Å². The van der Waals surface area contributed by atoms with Crippen LogP contribution in [0.5, 0.6) is 11.5 Å². The van der Waals surface area contributed by atoms with E-state index in [9.17, 15) is 15.0 Å². The number of hydrogen-bond acceptors (Lipinski definition) is 4. The van der Waals surface area contributed by atoms with Crippen molar-refractivity contribution in [3.8, 4) is 11.5 Å². The molecule has 0 aromatic heterocycles. The SMILES string of the molecule is O=C1OC(c2ccc([O-])c(Br)c2)(c2ccc([O-])c(Br)c2)c2ccccc21. The molecule has 0 N–H and O–H groups in total. The van der Waals surface area contributed by atoms with Crippen molar-refractivity contribution in [1.82, 2.24) is 0 Å². The highest BCUT2D eigenvalue weighted by Gasteiger charge is 2.48. The van der Waals surface area contributed by atoms with E-state index in [4.69, 9.17) is 4.74 Å². The predicted octanol–water partition coefficient (Wildman–Crippen LogP) is 3.82. The molecule has 6 heteroatoms. The molecule has 0 saturated heterocycles. The largest absolute Gasteiger partial charge is 0.872 e. The van der Waals surface area contributed by atoms with Gasteiger partial charge in [-0.05, 0) is 18.2 Å². The van der Waals surface area contributed by atoms with Crippen molar-refractivity contribution in [3.05, 3.63) is 91.9 Å². The standard InChI is InChI=1S/C20H12Br2O4/c21-15-9-11(5-7-17(15)23)20(12-6-8-18(24)16(22)10-12)14-4-2-1-3-13(14)19(25)26-20/h1-10,23-24H/p-2. The molecule has 0 fully saturated rings. The first-order valence-electron chi connectivity index (χ1n) is 7.70. The molecule has 26 heavy (non-hydrogen) atoms. The lowest BCUT2D eigenvalue weighted by molar-refractivity contribution is -0.270. The Morgan fingerprint density at radius 1 is 0.808 bits per heavy atom. The molecule has 0 saturated carbocycles. The topological polar surface area (TPSA) is 72.4 Å². The number of esters is 1. The third-order valence-electron chi connectivity index (χ3n) is 4.45. The molecule has 4 rings (SSSR count). The number of ether oxygens (including phenoxy) is 1. The minimum Gasteiger partial charge on any atom is -0.872 e. The van der Waals surface area contributed by atoms with E-state index < -0.39 is 11.6 Å². The zero-order valence-electron chi connectivity index (χ0n) is 13.2. The van der Waals surface area contributed by atoms with Crippen LogP contribution in [-0.4, -0.2) is 5.97 Å². The molecule has 3 aromatic rings. The third-order valence-corrected chi connectivity index (χ3v) is 5.69. The van der Waals surface area contributed by atoms with Gasteiger partial charge in [0, 0.05) is 25.6 Å². The summed E-state index contributed by atoms with van der Waals surface area (Å²) in [6.45, 7) is 0. The van der Waals surface area contributed by atoms with Gasteiger partial charge in [-0.3, -0.25) is 0 Å². The van der Waals surface area contributed by atoms with Gasteiger partial charge in [0.15, 0.2) is 5.60 Å². The van der Waals surface area contributed by atoms with Gasteiger partial charge in [-0.2, -0.15) is 0 Å². The van der Waals surface area contributed by atoms with Crippen molar-refractivity contribution < 1.29 is 19.7 Å². The predicted molar refractivity (Wildman–Crippen MR) is 98.9 cm³/mol. The maximum Gasteiger partial charge on any atom is 0.340 e. The maximum absolute atomic E-state index is 12.6. The molecular weight excluding hydrogens is 464 g/mol. The summed E-state index contributed by atoms with van der Waals surface area (Å²) >= 11 is 6.52. The Balaban J connectivity index is 2.07. The van der Waals surface area contributed by atoms with Gasteiger partial charge in [-0.25, -0.2) is 4.79 Å². The van der Waals surface area contributed by atoms with Gasteiger partial charge in [-0.15, -0.1) is 0 Å². The molecule has 0 atom stereocenters. The van der Waals surface area contributed by atoms with Crippen molar-refractivity contribution in [1.29, 1.82) is 0 Å². The fraction of sp³-hybridized carbons (Fsp3) is 0.0500. The lowest BCUT2D eigenvalue weighted by atomic mass is 9.80. The minimum atomic E-state index is -1.24. The number of fused-ring (bicyclic) bond motifs is 1. The Bertz CT molecular complexity index is 994. The summed E-state index contributed by atoms with van der Waals surface area (Å²) in [7, 11) is 0. The van der Waals surface area contributed by atoms with E-state index in [0.717, 1.165) is 0 Å². The van der Waals surface area contributed by atoms with Crippen LogP contribution in [0.4, 0.5) is 0 Å². The van der Waals surface area contributed by atoms with Gasteiger partial charge in [-0.1, -0.05) is 85.8 Å². The van der Waals surface area contributed by atoms with Crippen LogP contribution in [0.25, 0.3) is 0 Å². The fourth-order valence-corrected chi connectivity index (χ4v) is 4.01. The number of benzene rings is 3. The van der Waals surface area contributed by atoms with Gasteiger partial charge in [0.2, 0.25) is 0 Å².